The Bertz CT molecular complexity index is 2010. The lowest BCUT2D eigenvalue weighted by Gasteiger charge is -2.16. The summed E-state index contributed by atoms with van der Waals surface area (Å²) in [6.45, 7) is 5.80. The van der Waals surface area contributed by atoms with E-state index in [0.717, 1.165) is 34.4 Å². The first kappa shape index (κ1) is 26.9. The maximum absolute atomic E-state index is 13.7. The first-order valence-electron chi connectivity index (χ1n) is 13.0. The average molecular weight is 586 g/mol. The van der Waals surface area contributed by atoms with Crippen LogP contribution in [0.15, 0.2) is 34.4 Å². The first-order valence-corrected chi connectivity index (χ1v) is 14.3. The zero-order valence-corrected chi connectivity index (χ0v) is 24.1. The number of hydrogen-bond acceptors (Lipinski definition) is 8. The summed E-state index contributed by atoms with van der Waals surface area (Å²) >= 11 is 7.68. The normalized spacial score (nSPS) is 13.0. The number of nitriles is 1. The molecule has 0 amide bonds. The van der Waals surface area contributed by atoms with E-state index in [0.29, 0.717) is 44.3 Å². The number of benzene rings is 1. The highest BCUT2D eigenvalue weighted by atomic mass is 35.5. The van der Waals surface area contributed by atoms with Gasteiger partial charge in [-0.3, -0.25) is 14.3 Å². The molecule has 4 heterocycles. The highest BCUT2D eigenvalue weighted by Crippen LogP contribution is 2.42. The summed E-state index contributed by atoms with van der Waals surface area (Å²) in [6.07, 6.45) is 2.00. The number of thiophene rings is 1. The molecule has 1 aliphatic rings. The van der Waals surface area contributed by atoms with Crippen LogP contribution in [0.2, 0.25) is 5.02 Å². The molecule has 5 aromatic rings. The molecule has 0 spiro atoms. The van der Waals surface area contributed by atoms with Crippen molar-refractivity contribution in [1.82, 2.24) is 19.5 Å². The second-order valence-corrected chi connectivity index (χ2v) is 11.4. The number of aromatic nitrogens is 4. The van der Waals surface area contributed by atoms with Crippen LogP contribution in [-0.4, -0.2) is 37.2 Å². The molecule has 6 rings (SSSR count). The molecule has 0 bridgehead atoms. The largest absolute Gasteiger partial charge is 0.491 e. The number of pyridine rings is 2. The van der Waals surface area contributed by atoms with E-state index < -0.39 is 5.97 Å². The van der Waals surface area contributed by atoms with Gasteiger partial charge in [0.2, 0.25) is 0 Å². The number of aromatic carboxylic acids is 1. The van der Waals surface area contributed by atoms with Crippen molar-refractivity contribution in [2.45, 2.75) is 46.1 Å². The quantitative estimate of drug-likeness (QED) is 0.240. The van der Waals surface area contributed by atoms with Crippen molar-refractivity contribution in [2.24, 2.45) is 0 Å². The third-order valence-electron chi connectivity index (χ3n) is 7.33. The number of aryl methyl sites for hydroxylation is 3. The second-order valence-electron chi connectivity index (χ2n) is 10.1. The SMILES string of the molecule is Cc1cc(-c2cc(Cl)ccc2OCCn2c(C)nc3c(C#N)nc(C4CC4)c(C)c3c2=O)c2scc(C(=O)O)c2n1. The van der Waals surface area contributed by atoms with Crippen LogP contribution in [0.4, 0.5) is 0 Å². The highest BCUT2D eigenvalue weighted by molar-refractivity contribution is 7.18. The van der Waals surface area contributed by atoms with Crippen molar-refractivity contribution in [3.63, 3.8) is 0 Å². The van der Waals surface area contributed by atoms with E-state index in [1.54, 1.807) is 35.1 Å². The topological polar surface area (TPSA) is 131 Å². The maximum Gasteiger partial charge on any atom is 0.338 e. The zero-order chi connectivity index (χ0) is 29.0. The summed E-state index contributed by atoms with van der Waals surface area (Å²) in [5, 5.41) is 21.8. The maximum atomic E-state index is 13.7. The summed E-state index contributed by atoms with van der Waals surface area (Å²) in [4.78, 5) is 39.1. The number of fused-ring (bicyclic) bond motifs is 2. The Morgan fingerprint density at radius 3 is 2.66 bits per heavy atom. The standard InChI is InChI=1S/C30H24ClN5O4S/c1-14-10-20(28-26(33-14)21(13-41-28)30(38)39)19-11-18(31)6-7-23(19)40-9-8-36-16(3)34-27-22(12-32)35-25(17-4-5-17)15(2)24(27)29(36)37/h6-7,10-11,13,17H,4-5,8-9H2,1-3H3,(H,38,39). The predicted octanol–water partition coefficient (Wildman–Crippen LogP) is 6.17. The Labute approximate surface area is 243 Å². The fraction of sp³-hybridized carbons (Fsp3) is 0.267. The van der Waals surface area contributed by atoms with Crippen LogP contribution in [0.5, 0.6) is 5.75 Å². The number of nitrogens with zero attached hydrogens (tertiary/aromatic N) is 5. The highest BCUT2D eigenvalue weighted by Gasteiger charge is 2.30. The van der Waals surface area contributed by atoms with Gasteiger partial charge in [-0.1, -0.05) is 11.6 Å². The molecule has 0 atom stereocenters. The van der Waals surface area contributed by atoms with Crippen LogP contribution in [0.3, 0.4) is 0 Å². The molecule has 9 nitrogen and oxygen atoms in total. The number of carboxylic acids is 1. The van der Waals surface area contributed by atoms with E-state index in [1.165, 1.54) is 11.3 Å². The van der Waals surface area contributed by atoms with E-state index >= 15 is 0 Å². The number of carboxylic acid groups (broad SMARTS) is 1. The lowest BCUT2D eigenvalue weighted by molar-refractivity contribution is 0.0699. The van der Waals surface area contributed by atoms with E-state index in [-0.39, 0.29) is 35.9 Å². The molecular weight excluding hydrogens is 562 g/mol. The van der Waals surface area contributed by atoms with Gasteiger partial charge in [-0.15, -0.1) is 11.3 Å². The minimum absolute atomic E-state index is 0.146. The smallest absolute Gasteiger partial charge is 0.338 e. The van der Waals surface area contributed by atoms with Gasteiger partial charge >= 0.3 is 5.97 Å². The molecule has 206 valence electrons. The number of hydrogen-bond donors (Lipinski definition) is 1. The molecule has 1 aliphatic carbocycles. The molecule has 0 radical (unpaired) electrons. The van der Waals surface area contributed by atoms with Crippen LogP contribution in [-0.2, 0) is 6.54 Å². The van der Waals surface area contributed by atoms with E-state index in [9.17, 15) is 20.0 Å². The Morgan fingerprint density at radius 2 is 1.95 bits per heavy atom. The monoisotopic (exact) mass is 585 g/mol. The van der Waals surface area contributed by atoms with Gasteiger partial charge in [-0.2, -0.15) is 5.26 Å². The van der Waals surface area contributed by atoms with Crippen molar-refractivity contribution < 1.29 is 14.6 Å². The fourth-order valence-corrected chi connectivity index (χ4v) is 6.41. The number of ether oxygens (including phenoxy) is 1. The molecule has 0 aliphatic heterocycles. The molecule has 1 saturated carbocycles. The molecule has 1 N–H and O–H groups in total. The summed E-state index contributed by atoms with van der Waals surface area (Å²) < 4.78 is 8.50. The van der Waals surface area contributed by atoms with Gasteiger partial charge in [-0.25, -0.2) is 14.8 Å². The molecule has 1 aromatic carbocycles. The van der Waals surface area contributed by atoms with E-state index in [4.69, 9.17) is 16.3 Å². The van der Waals surface area contributed by atoms with E-state index in [1.807, 2.05) is 19.9 Å². The van der Waals surface area contributed by atoms with E-state index in [2.05, 4.69) is 21.0 Å². The van der Waals surface area contributed by atoms with Crippen molar-refractivity contribution in [2.75, 3.05) is 6.61 Å². The van der Waals surface area contributed by atoms with Crippen LogP contribution < -0.4 is 10.3 Å². The lowest BCUT2D eigenvalue weighted by atomic mass is 10.0. The van der Waals surface area contributed by atoms with Crippen molar-refractivity contribution in [3.8, 4) is 22.9 Å². The minimum atomic E-state index is -1.04. The Hall–Kier alpha value is -4.33. The first-order chi connectivity index (χ1) is 19.7. The molecule has 4 aromatic heterocycles. The minimum Gasteiger partial charge on any atom is -0.491 e. The number of rotatable bonds is 7. The van der Waals surface area contributed by atoms with Gasteiger partial charge in [0.1, 0.15) is 29.8 Å². The van der Waals surface area contributed by atoms with Crippen LogP contribution >= 0.6 is 22.9 Å². The molecule has 0 unspecified atom stereocenters. The predicted molar refractivity (Wildman–Crippen MR) is 157 cm³/mol. The molecule has 0 saturated heterocycles. The van der Waals surface area contributed by atoms with Gasteiger partial charge in [0.25, 0.3) is 5.56 Å². The summed E-state index contributed by atoms with van der Waals surface area (Å²) in [5.41, 5.74) is 4.57. The molecular formula is C30H24ClN5O4S. The third-order valence-corrected chi connectivity index (χ3v) is 8.57. The lowest BCUT2D eigenvalue weighted by Crippen LogP contribution is -2.28. The average Bonchev–Trinajstić information content (AvgIpc) is 3.68. The van der Waals surface area contributed by atoms with Gasteiger partial charge < -0.3 is 9.84 Å². The van der Waals surface area contributed by atoms with Crippen LogP contribution in [0.1, 0.15) is 57.6 Å². The Morgan fingerprint density at radius 1 is 1.17 bits per heavy atom. The van der Waals surface area contributed by atoms with Gasteiger partial charge in [0, 0.05) is 38.8 Å². The zero-order valence-electron chi connectivity index (χ0n) is 22.5. The second kappa shape index (κ2) is 10.3. The Balaban J connectivity index is 1.36. The summed E-state index contributed by atoms with van der Waals surface area (Å²) in [5.74, 6) is 0.245. The molecule has 41 heavy (non-hydrogen) atoms. The van der Waals surface area contributed by atoms with Crippen molar-refractivity contribution in [1.29, 1.82) is 5.26 Å². The summed E-state index contributed by atoms with van der Waals surface area (Å²) in [7, 11) is 0. The van der Waals surface area contributed by atoms with Crippen molar-refractivity contribution >= 4 is 50.0 Å². The third kappa shape index (κ3) is 4.71. The Kier molecular flexibility index (Phi) is 6.72. The van der Waals surface area contributed by atoms with Gasteiger partial charge in [0.15, 0.2) is 5.69 Å². The number of halogens is 1. The summed E-state index contributed by atoms with van der Waals surface area (Å²) in [6, 6.07) is 9.25. The van der Waals surface area contributed by atoms with Crippen molar-refractivity contribution in [3.05, 3.63) is 79.1 Å². The van der Waals surface area contributed by atoms with Crippen LogP contribution in [0.25, 0.3) is 32.2 Å². The van der Waals surface area contributed by atoms with Gasteiger partial charge in [-0.05, 0) is 63.4 Å². The number of carbonyl (C=O) groups is 1. The van der Waals surface area contributed by atoms with Crippen LogP contribution in [0, 0.1) is 32.1 Å². The van der Waals surface area contributed by atoms with Gasteiger partial charge in [0.05, 0.1) is 27.7 Å². The molecule has 11 heteroatoms. The molecule has 1 fully saturated rings. The fourth-order valence-electron chi connectivity index (χ4n) is 5.23.